The molecular formula is C13H12N2O2. The summed E-state index contributed by atoms with van der Waals surface area (Å²) in [6.45, 7) is 0. The summed E-state index contributed by atoms with van der Waals surface area (Å²) in [6.07, 6.45) is 3.40. The number of esters is 1. The van der Waals surface area contributed by atoms with Crippen molar-refractivity contribution < 1.29 is 9.53 Å². The van der Waals surface area contributed by atoms with Gasteiger partial charge in [0.1, 0.15) is 0 Å². The van der Waals surface area contributed by atoms with Gasteiger partial charge in [-0.1, -0.05) is 6.07 Å². The van der Waals surface area contributed by atoms with Crippen LogP contribution in [0.3, 0.4) is 0 Å². The van der Waals surface area contributed by atoms with Crippen LogP contribution in [-0.4, -0.2) is 18.1 Å². The third-order valence-electron chi connectivity index (χ3n) is 2.47. The Kier molecular flexibility index (Phi) is 3.05. The molecular weight excluding hydrogens is 216 g/mol. The fourth-order valence-corrected chi connectivity index (χ4v) is 1.57. The molecule has 0 unspecified atom stereocenters. The highest BCUT2D eigenvalue weighted by atomic mass is 16.5. The Morgan fingerprint density at radius 2 is 1.88 bits per heavy atom. The van der Waals surface area contributed by atoms with Crippen molar-refractivity contribution in [3.05, 3.63) is 48.3 Å². The first-order valence-corrected chi connectivity index (χ1v) is 5.10. The molecule has 86 valence electrons. The van der Waals surface area contributed by atoms with Gasteiger partial charge in [0.15, 0.2) is 0 Å². The summed E-state index contributed by atoms with van der Waals surface area (Å²) in [4.78, 5) is 15.4. The number of ether oxygens (including phenoxy) is 1. The number of nitrogens with two attached hydrogens (primary N) is 1. The Balaban J connectivity index is 2.48. The van der Waals surface area contributed by atoms with Gasteiger partial charge in [0.05, 0.1) is 12.7 Å². The molecule has 4 heteroatoms. The Labute approximate surface area is 99.1 Å². The van der Waals surface area contributed by atoms with Gasteiger partial charge < -0.3 is 10.5 Å². The van der Waals surface area contributed by atoms with Gasteiger partial charge >= 0.3 is 5.97 Å². The van der Waals surface area contributed by atoms with E-state index in [1.54, 1.807) is 24.5 Å². The van der Waals surface area contributed by atoms with Gasteiger partial charge in [-0.2, -0.15) is 0 Å². The first-order chi connectivity index (χ1) is 8.22. The van der Waals surface area contributed by atoms with Crippen LogP contribution in [0.4, 0.5) is 5.69 Å². The maximum Gasteiger partial charge on any atom is 0.339 e. The number of nitrogens with zero attached hydrogens (tertiary/aromatic N) is 1. The van der Waals surface area contributed by atoms with E-state index >= 15 is 0 Å². The highest BCUT2D eigenvalue weighted by Crippen LogP contribution is 2.23. The van der Waals surface area contributed by atoms with Gasteiger partial charge in [-0.3, -0.25) is 4.98 Å². The number of methoxy groups -OCH3 is 1. The minimum absolute atomic E-state index is 0.377. The summed E-state index contributed by atoms with van der Waals surface area (Å²) in [5.41, 5.74) is 8.40. The number of pyridine rings is 1. The second-order valence-electron chi connectivity index (χ2n) is 3.53. The highest BCUT2D eigenvalue weighted by Gasteiger charge is 2.11. The van der Waals surface area contributed by atoms with Gasteiger partial charge in [-0.05, 0) is 35.4 Å². The van der Waals surface area contributed by atoms with Crippen molar-refractivity contribution in [2.75, 3.05) is 12.8 Å². The van der Waals surface area contributed by atoms with E-state index in [-0.39, 0.29) is 0 Å². The third kappa shape index (κ3) is 2.25. The lowest BCUT2D eigenvalue weighted by molar-refractivity contribution is 0.0602. The zero-order valence-corrected chi connectivity index (χ0v) is 9.38. The molecule has 0 saturated heterocycles. The average molecular weight is 228 g/mol. The molecule has 2 aromatic rings. The van der Waals surface area contributed by atoms with Crippen LogP contribution < -0.4 is 5.73 Å². The van der Waals surface area contributed by atoms with Crippen LogP contribution in [0, 0.1) is 0 Å². The van der Waals surface area contributed by atoms with Crippen LogP contribution in [0.15, 0.2) is 42.7 Å². The molecule has 17 heavy (non-hydrogen) atoms. The van der Waals surface area contributed by atoms with E-state index in [9.17, 15) is 4.79 Å². The van der Waals surface area contributed by atoms with E-state index < -0.39 is 5.97 Å². The molecule has 0 saturated carbocycles. The van der Waals surface area contributed by atoms with Gasteiger partial charge in [0.25, 0.3) is 0 Å². The summed E-state index contributed by atoms with van der Waals surface area (Å²) in [7, 11) is 1.33. The summed E-state index contributed by atoms with van der Waals surface area (Å²) < 4.78 is 4.68. The molecule has 2 N–H and O–H groups in total. The molecule has 0 aliphatic heterocycles. The molecule has 2 rings (SSSR count). The number of nitrogen functional groups attached to an aromatic ring is 1. The van der Waals surface area contributed by atoms with E-state index in [0.717, 1.165) is 11.1 Å². The summed E-state index contributed by atoms with van der Waals surface area (Å²) in [6, 6.07) is 9.01. The van der Waals surface area contributed by atoms with Gasteiger partial charge in [0.2, 0.25) is 0 Å². The minimum atomic E-state index is -0.432. The number of carbonyl (C=O) groups is 1. The number of hydrogen-bond acceptors (Lipinski definition) is 4. The third-order valence-corrected chi connectivity index (χ3v) is 2.47. The molecule has 0 radical (unpaired) electrons. The van der Waals surface area contributed by atoms with Crippen LogP contribution in [0.5, 0.6) is 0 Å². The fourth-order valence-electron chi connectivity index (χ4n) is 1.57. The van der Waals surface area contributed by atoms with Crippen molar-refractivity contribution in [2.24, 2.45) is 0 Å². The lowest BCUT2D eigenvalue weighted by Crippen LogP contribution is -2.05. The van der Waals surface area contributed by atoms with Crippen molar-refractivity contribution in [1.82, 2.24) is 4.98 Å². The smallest absolute Gasteiger partial charge is 0.339 e. The van der Waals surface area contributed by atoms with Gasteiger partial charge in [-0.25, -0.2) is 4.79 Å². The van der Waals surface area contributed by atoms with E-state index in [2.05, 4.69) is 9.72 Å². The van der Waals surface area contributed by atoms with Crippen molar-refractivity contribution in [3.8, 4) is 11.1 Å². The standard InChI is InChI=1S/C13H12N2O2/c1-17-13(16)11-8-10(2-3-12(11)14)9-4-6-15-7-5-9/h2-8H,14H2,1H3. The van der Waals surface area contributed by atoms with E-state index in [1.165, 1.54) is 7.11 Å². The molecule has 1 heterocycles. The Hall–Kier alpha value is -2.36. The second kappa shape index (κ2) is 4.65. The fraction of sp³-hybridized carbons (Fsp3) is 0.0769. The van der Waals surface area contributed by atoms with Crippen molar-refractivity contribution in [3.63, 3.8) is 0 Å². The number of rotatable bonds is 2. The predicted molar refractivity (Wildman–Crippen MR) is 65.4 cm³/mol. The first-order valence-electron chi connectivity index (χ1n) is 5.10. The number of benzene rings is 1. The zero-order chi connectivity index (χ0) is 12.3. The number of hydrogen-bond donors (Lipinski definition) is 1. The molecule has 0 fully saturated rings. The SMILES string of the molecule is COC(=O)c1cc(-c2ccncc2)ccc1N. The van der Waals surface area contributed by atoms with E-state index in [1.807, 2.05) is 18.2 Å². The minimum Gasteiger partial charge on any atom is -0.465 e. The molecule has 0 atom stereocenters. The molecule has 0 aliphatic carbocycles. The largest absolute Gasteiger partial charge is 0.465 e. The molecule has 1 aromatic carbocycles. The molecule has 0 spiro atoms. The van der Waals surface area contributed by atoms with E-state index in [4.69, 9.17) is 5.73 Å². The Morgan fingerprint density at radius 3 is 2.53 bits per heavy atom. The summed E-state index contributed by atoms with van der Waals surface area (Å²) in [5, 5.41) is 0. The van der Waals surface area contributed by atoms with Gasteiger partial charge in [0, 0.05) is 18.1 Å². The normalized spacial score (nSPS) is 9.94. The van der Waals surface area contributed by atoms with Crippen LogP contribution in [0.25, 0.3) is 11.1 Å². The molecule has 0 aliphatic rings. The number of carbonyl (C=O) groups excluding carboxylic acids is 1. The van der Waals surface area contributed by atoms with Crippen LogP contribution >= 0.6 is 0 Å². The van der Waals surface area contributed by atoms with Crippen molar-refractivity contribution >= 4 is 11.7 Å². The topological polar surface area (TPSA) is 65.2 Å². The van der Waals surface area contributed by atoms with Crippen LogP contribution in [0.1, 0.15) is 10.4 Å². The molecule has 0 bridgehead atoms. The number of anilines is 1. The van der Waals surface area contributed by atoms with Gasteiger partial charge in [-0.15, -0.1) is 0 Å². The highest BCUT2D eigenvalue weighted by molar-refractivity contribution is 5.96. The monoisotopic (exact) mass is 228 g/mol. The maximum atomic E-state index is 11.5. The van der Waals surface area contributed by atoms with E-state index in [0.29, 0.717) is 11.3 Å². The molecule has 1 aromatic heterocycles. The lowest BCUT2D eigenvalue weighted by atomic mass is 10.0. The Bertz CT molecular complexity index is 538. The maximum absolute atomic E-state index is 11.5. The zero-order valence-electron chi connectivity index (χ0n) is 9.38. The quantitative estimate of drug-likeness (QED) is 0.631. The van der Waals surface area contributed by atoms with Crippen molar-refractivity contribution in [1.29, 1.82) is 0 Å². The average Bonchev–Trinajstić information content (AvgIpc) is 2.39. The molecule has 0 amide bonds. The van der Waals surface area contributed by atoms with Crippen LogP contribution in [0.2, 0.25) is 0 Å². The molecule has 4 nitrogen and oxygen atoms in total. The van der Waals surface area contributed by atoms with Crippen molar-refractivity contribution in [2.45, 2.75) is 0 Å². The lowest BCUT2D eigenvalue weighted by Gasteiger charge is -2.07. The number of aromatic nitrogens is 1. The second-order valence-corrected chi connectivity index (χ2v) is 3.53. The summed E-state index contributed by atoms with van der Waals surface area (Å²) in [5.74, 6) is -0.432. The summed E-state index contributed by atoms with van der Waals surface area (Å²) >= 11 is 0. The predicted octanol–water partition coefficient (Wildman–Crippen LogP) is 2.12. The van der Waals surface area contributed by atoms with Crippen LogP contribution in [-0.2, 0) is 4.74 Å². The first kappa shape index (κ1) is 11.1. The Morgan fingerprint density at radius 1 is 1.18 bits per heavy atom.